The average Bonchev–Trinajstić information content (AvgIpc) is 3.33. The Morgan fingerprint density at radius 2 is 0.906 bits per heavy atom. The van der Waals surface area contributed by atoms with Crippen molar-refractivity contribution >= 4 is 29.2 Å². The highest BCUT2D eigenvalue weighted by Crippen LogP contribution is 2.61. The van der Waals surface area contributed by atoms with Gasteiger partial charge in [0.2, 0.25) is 0 Å². The van der Waals surface area contributed by atoms with Crippen LogP contribution < -0.4 is 9.64 Å². The van der Waals surface area contributed by atoms with Gasteiger partial charge in [0.25, 0.3) is 0 Å². The number of hydrogen-bond acceptors (Lipinski definition) is 2. The van der Waals surface area contributed by atoms with E-state index in [1.165, 1.54) is 44.5 Å². The molecular formula is C51H33NO. The summed E-state index contributed by atoms with van der Waals surface area (Å²) in [7, 11) is 0. The number of anilines is 3. The normalized spacial score (nSPS) is 13.5. The monoisotopic (exact) mass is 675 g/mol. The Morgan fingerprint density at radius 1 is 0.358 bits per heavy atom. The molecule has 2 aliphatic carbocycles. The molecule has 0 fully saturated rings. The molecule has 0 N–H and O–H groups in total. The summed E-state index contributed by atoms with van der Waals surface area (Å²) in [4.78, 5) is 2.45. The molecule has 8 aromatic rings. The van der Waals surface area contributed by atoms with Gasteiger partial charge in [-0.1, -0.05) is 158 Å². The van der Waals surface area contributed by atoms with Crippen LogP contribution in [0.2, 0.25) is 0 Å². The number of nitrogens with zero attached hydrogens (tertiary/aromatic N) is 1. The molecular weight excluding hydrogens is 643 g/mol. The van der Waals surface area contributed by atoms with Crippen LogP contribution in [0.25, 0.3) is 45.5 Å². The highest BCUT2D eigenvalue weighted by Gasteiger charge is 2.49. The molecule has 2 nitrogen and oxygen atoms in total. The Labute approximate surface area is 309 Å². The van der Waals surface area contributed by atoms with E-state index < -0.39 is 5.41 Å². The third kappa shape index (κ3) is 4.27. The maximum Gasteiger partial charge on any atom is 0.135 e. The first-order valence-electron chi connectivity index (χ1n) is 18.3. The maximum absolute atomic E-state index is 6.57. The molecule has 1 spiro atoms. The molecule has 1 heterocycles. The van der Waals surface area contributed by atoms with E-state index >= 15 is 0 Å². The van der Waals surface area contributed by atoms with Crippen LogP contribution in [-0.4, -0.2) is 0 Å². The molecule has 8 aromatic carbocycles. The smallest absolute Gasteiger partial charge is 0.135 e. The minimum absolute atomic E-state index is 0.505. The van der Waals surface area contributed by atoms with Crippen molar-refractivity contribution in [3.05, 3.63) is 221 Å². The summed E-state index contributed by atoms with van der Waals surface area (Å²) < 4.78 is 6.57. The van der Waals surface area contributed by atoms with Crippen LogP contribution in [0.4, 0.5) is 17.1 Å². The Kier molecular flexibility index (Phi) is 6.50. The first-order valence-corrected chi connectivity index (χ1v) is 18.3. The summed E-state index contributed by atoms with van der Waals surface area (Å²) in [6.07, 6.45) is 4.58. The number of ether oxygens (including phenoxy) is 1. The Hall–Kier alpha value is -6.90. The van der Waals surface area contributed by atoms with E-state index in [1.54, 1.807) is 0 Å². The van der Waals surface area contributed by atoms with Crippen LogP contribution in [0, 0.1) is 0 Å². The molecule has 2 heteroatoms. The van der Waals surface area contributed by atoms with Gasteiger partial charge in [-0.3, -0.25) is 0 Å². The number of para-hydroxylation sites is 3. The van der Waals surface area contributed by atoms with E-state index in [1.807, 2.05) is 12.1 Å². The van der Waals surface area contributed by atoms with Gasteiger partial charge in [-0.25, -0.2) is 0 Å². The first kappa shape index (κ1) is 29.8. The van der Waals surface area contributed by atoms with Gasteiger partial charge >= 0.3 is 0 Å². The lowest BCUT2D eigenvalue weighted by atomic mass is 9.66. The van der Waals surface area contributed by atoms with Crippen LogP contribution in [0.15, 0.2) is 188 Å². The fourth-order valence-corrected chi connectivity index (χ4v) is 9.18. The summed E-state index contributed by atoms with van der Waals surface area (Å²) in [5.41, 5.74) is 17.5. The Balaban J connectivity index is 1.22. The van der Waals surface area contributed by atoms with Gasteiger partial charge in [0.05, 0.1) is 11.1 Å². The largest absolute Gasteiger partial charge is 0.456 e. The quantitative estimate of drug-likeness (QED) is 0.185. The fraction of sp³-hybridized carbons (Fsp3) is 0.0196. The van der Waals surface area contributed by atoms with Crippen LogP contribution in [0.1, 0.15) is 33.4 Å². The van der Waals surface area contributed by atoms with Gasteiger partial charge < -0.3 is 9.64 Å². The molecule has 0 saturated carbocycles. The van der Waals surface area contributed by atoms with Crippen molar-refractivity contribution < 1.29 is 4.74 Å². The van der Waals surface area contributed by atoms with Crippen LogP contribution in [0.3, 0.4) is 0 Å². The zero-order valence-electron chi connectivity index (χ0n) is 28.9. The zero-order chi connectivity index (χ0) is 34.9. The van der Waals surface area contributed by atoms with Crippen molar-refractivity contribution in [2.24, 2.45) is 0 Å². The van der Waals surface area contributed by atoms with Crippen molar-refractivity contribution in [2.45, 2.75) is 5.41 Å². The third-order valence-corrected chi connectivity index (χ3v) is 11.3. The van der Waals surface area contributed by atoms with Crippen molar-refractivity contribution in [1.29, 1.82) is 0 Å². The molecule has 0 bridgehead atoms. The molecule has 0 amide bonds. The minimum Gasteiger partial charge on any atom is -0.456 e. The second-order valence-corrected chi connectivity index (χ2v) is 14.0. The van der Waals surface area contributed by atoms with Crippen LogP contribution >= 0.6 is 0 Å². The molecule has 0 radical (unpaired) electrons. The number of hydrogen-bond donors (Lipinski definition) is 0. The van der Waals surface area contributed by atoms with Gasteiger partial charge in [0.1, 0.15) is 11.5 Å². The number of fused-ring (bicyclic) bond motifs is 14. The molecule has 0 saturated heterocycles. The maximum atomic E-state index is 6.57. The molecule has 248 valence electrons. The van der Waals surface area contributed by atoms with Gasteiger partial charge in [-0.05, 0) is 92.5 Å². The van der Waals surface area contributed by atoms with Crippen molar-refractivity contribution in [3.8, 4) is 44.9 Å². The van der Waals surface area contributed by atoms with E-state index in [0.717, 1.165) is 50.8 Å². The van der Waals surface area contributed by atoms with E-state index in [0.29, 0.717) is 0 Å². The third-order valence-electron chi connectivity index (χ3n) is 11.3. The SMILES string of the molecule is C1=Cc2ccccc2C2(c3ccccc31)c1ccccc1-c1c(N(c3ccccc3)c3ccc4c(c3)-c3ccccc3Oc3ccccc3-4)cccc12. The molecule has 3 aliphatic rings. The van der Waals surface area contributed by atoms with Crippen molar-refractivity contribution in [3.63, 3.8) is 0 Å². The second-order valence-electron chi connectivity index (χ2n) is 14.0. The summed E-state index contributed by atoms with van der Waals surface area (Å²) >= 11 is 0. The van der Waals surface area contributed by atoms with Gasteiger partial charge in [0.15, 0.2) is 0 Å². The Morgan fingerprint density at radius 3 is 1.60 bits per heavy atom. The minimum atomic E-state index is -0.505. The van der Waals surface area contributed by atoms with E-state index in [-0.39, 0.29) is 0 Å². The average molecular weight is 676 g/mol. The van der Waals surface area contributed by atoms with E-state index in [9.17, 15) is 0 Å². The predicted molar refractivity (Wildman–Crippen MR) is 218 cm³/mol. The predicted octanol–water partition coefficient (Wildman–Crippen LogP) is 13.4. The summed E-state index contributed by atoms with van der Waals surface area (Å²) in [5.74, 6) is 1.73. The first-order chi connectivity index (χ1) is 26.3. The fourth-order valence-electron chi connectivity index (χ4n) is 9.18. The molecule has 0 aromatic heterocycles. The lowest BCUT2D eigenvalue weighted by Crippen LogP contribution is -2.30. The van der Waals surface area contributed by atoms with Gasteiger partial charge in [-0.2, -0.15) is 0 Å². The van der Waals surface area contributed by atoms with Gasteiger partial charge in [0, 0.05) is 28.1 Å². The standard InChI is InChI=1S/C51H33NO/c1-2-17-36(18-3-1)52(37-31-32-38-39-19-7-12-27-48(39)53-49-28-13-8-20-40(49)42(38)33-37)47-26-14-25-46-50(47)41-21-6-11-24-45(41)51(46)43-22-9-4-15-34(43)29-30-35-16-5-10-23-44(35)51/h1-33H. The molecule has 1 aliphatic heterocycles. The lowest BCUT2D eigenvalue weighted by Gasteiger charge is -2.35. The van der Waals surface area contributed by atoms with Gasteiger partial charge in [-0.15, -0.1) is 0 Å². The Bertz CT molecular complexity index is 2730. The second kappa shape index (κ2) is 11.6. The molecule has 0 atom stereocenters. The lowest BCUT2D eigenvalue weighted by molar-refractivity contribution is 0.488. The molecule has 0 unspecified atom stereocenters. The number of rotatable bonds is 3. The van der Waals surface area contributed by atoms with Crippen molar-refractivity contribution in [1.82, 2.24) is 0 Å². The summed E-state index contributed by atoms with van der Waals surface area (Å²) in [5, 5.41) is 0. The summed E-state index contributed by atoms with van der Waals surface area (Å²) in [6, 6.07) is 68.3. The molecule has 11 rings (SSSR count). The topological polar surface area (TPSA) is 12.5 Å². The van der Waals surface area contributed by atoms with Crippen LogP contribution in [-0.2, 0) is 5.41 Å². The van der Waals surface area contributed by atoms with E-state index in [2.05, 4.69) is 193 Å². The highest BCUT2D eigenvalue weighted by molar-refractivity contribution is 6.00. The highest BCUT2D eigenvalue weighted by atomic mass is 16.5. The van der Waals surface area contributed by atoms with Crippen molar-refractivity contribution in [2.75, 3.05) is 4.90 Å². The zero-order valence-corrected chi connectivity index (χ0v) is 28.9. The molecule has 53 heavy (non-hydrogen) atoms. The number of benzene rings is 8. The van der Waals surface area contributed by atoms with E-state index in [4.69, 9.17) is 4.74 Å². The summed E-state index contributed by atoms with van der Waals surface area (Å²) in [6.45, 7) is 0. The van der Waals surface area contributed by atoms with Crippen LogP contribution in [0.5, 0.6) is 11.5 Å².